The maximum Gasteiger partial charge on any atom is 0.312 e. The summed E-state index contributed by atoms with van der Waals surface area (Å²) in [5.41, 5.74) is 0.645. The van der Waals surface area contributed by atoms with Crippen LogP contribution in [0.25, 0.3) is 0 Å². The van der Waals surface area contributed by atoms with Crippen LogP contribution in [0.1, 0.15) is 37.2 Å². The Bertz CT molecular complexity index is 559. The van der Waals surface area contributed by atoms with Crippen molar-refractivity contribution in [3.8, 4) is 0 Å². The van der Waals surface area contributed by atoms with Gasteiger partial charge in [0.1, 0.15) is 0 Å². The molecule has 1 aromatic carbocycles. The van der Waals surface area contributed by atoms with Crippen LogP contribution in [-0.2, 0) is 14.4 Å². The van der Waals surface area contributed by atoms with E-state index >= 15 is 0 Å². The fourth-order valence-electron chi connectivity index (χ4n) is 2.68. The van der Waals surface area contributed by atoms with Crippen molar-refractivity contribution in [2.24, 2.45) is 0 Å². The van der Waals surface area contributed by atoms with Gasteiger partial charge < -0.3 is 15.3 Å². The molecule has 1 saturated heterocycles. The van der Waals surface area contributed by atoms with E-state index < -0.39 is 11.9 Å². The van der Waals surface area contributed by atoms with Crippen LogP contribution in [0.5, 0.6) is 0 Å². The third-order valence-corrected chi connectivity index (χ3v) is 4.01. The molecule has 23 heavy (non-hydrogen) atoms. The molecule has 1 heterocycles. The Kier molecular flexibility index (Phi) is 6.14. The number of carboxylic acids is 1. The normalized spacial score (nSPS) is 16.5. The van der Waals surface area contributed by atoms with Gasteiger partial charge in [0, 0.05) is 19.5 Å². The zero-order chi connectivity index (χ0) is 16.7. The van der Waals surface area contributed by atoms with Gasteiger partial charge in [0.2, 0.25) is 11.8 Å². The van der Waals surface area contributed by atoms with Crippen molar-refractivity contribution in [3.63, 3.8) is 0 Å². The van der Waals surface area contributed by atoms with Crippen molar-refractivity contribution in [2.75, 3.05) is 19.6 Å². The monoisotopic (exact) mass is 318 g/mol. The van der Waals surface area contributed by atoms with Crippen molar-refractivity contribution >= 4 is 17.8 Å². The van der Waals surface area contributed by atoms with Gasteiger partial charge in [-0.25, -0.2) is 0 Å². The Morgan fingerprint density at radius 1 is 1.17 bits per heavy atom. The number of nitrogens with one attached hydrogen (secondary N) is 1. The van der Waals surface area contributed by atoms with Crippen molar-refractivity contribution in [1.82, 2.24) is 10.2 Å². The molecule has 1 fully saturated rings. The maximum atomic E-state index is 12.0. The van der Waals surface area contributed by atoms with Crippen LogP contribution in [0, 0.1) is 0 Å². The summed E-state index contributed by atoms with van der Waals surface area (Å²) in [7, 11) is 0. The second-order valence-corrected chi connectivity index (χ2v) is 5.73. The maximum absolute atomic E-state index is 12.0. The average Bonchev–Trinajstić information content (AvgIpc) is 2.73. The molecule has 1 atom stereocenters. The number of nitrogens with zero attached hydrogens (tertiary/aromatic N) is 1. The van der Waals surface area contributed by atoms with Gasteiger partial charge in [-0.3, -0.25) is 14.4 Å². The minimum absolute atomic E-state index is 0.0000376. The van der Waals surface area contributed by atoms with Gasteiger partial charge >= 0.3 is 5.97 Å². The minimum Gasteiger partial charge on any atom is -0.481 e. The molecule has 6 nitrogen and oxygen atoms in total. The van der Waals surface area contributed by atoms with E-state index in [-0.39, 0.29) is 24.9 Å². The number of aliphatic carboxylic acids is 1. The standard InChI is InChI=1S/C17H22N2O4/c20-15(12-19-10-6-2-5-9-16(19)21)18-11-14(17(22)23)13-7-3-1-4-8-13/h1,3-4,7-8,14H,2,5-6,9-12H2,(H,18,20)(H,22,23). The first-order valence-electron chi connectivity index (χ1n) is 7.90. The molecule has 2 amide bonds. The first-order valence-corrected chi connectivity index (χ1v) is 7.90. The largest absolute Gasteiger partial charge is 0.481 e. The lowest BCUT2D eigenvalue weighted by Gasteiger charge is -2.20. The lowest BCUT2D eigenvalue weighted by Crippen LogP contribution is -2.42. The van der Waals surface area contributed by atoms with E-state index in [1.54, 1.807) is 29.2 Å². The Morgan fingerprint density at radius 3 is 2.61 bits per heavy atom. The molecular formula is C17H22N2O4. The van der Waals surface area contributed by atoms with Crippen molar-refractivity contribution in [1.29, 1.82) is 0 Å². The van der Waals surface area contributed by atoms with Crippen molar-refractivity contribution in [2.45, 2.75) is 31.6 Å². The number of hydrogen-bond donors (Lipinski definition) is 2. The molecule has 2 rings (SSSR count). The highest BCUT2D eigenvalue weighted by atomic mass is 16.4. The summed E-state index contributed by atoms with van der Waals surface area (Å²) in [5, 5.41) is 12.0. The summed E-state index contributed by atoms with van der Waals surface area (Å²) in [6, 6.07) is 8.80. The quantitative estimate of drug-likeness (QED) is 0.829. The summed E-state index contributed by atoms with van der Waals surface area (Å²) in [4.78, 5) is 36.8. The van der Waals surface area contributed by atoms with Crippen molar-refractivity contribution < 1.29 is 19.5 Å². The molecule has 0 aliphatic carbocycles. The number of rotatable bonds is 6. The predicted octanol–water partition coefficient (Wildman–Crippen LogP) is 1.37. The average molecular weight is 318 g/mol. The summed E-state index contributed by atoms with van der Waals surface area (Å²) in [6.07, 6.45) is 3.25. The second-order valence-electron chi connectivity index (χ2n) is 5.73. The number of amides is 2. The summed E-state index contributed by atoms with van der Waals surface area (Å²) in [5.74, 6) is -2.10. The number of hydrogen-bond acceptors (Lipinski definition) is 3. The molecule has 0 aromatic heterocycles. The molecule has 0 radical (unpaired) electrons. The van der Waals surface area contributed by atoms with Crippen LogP contribution in [0.2, 0.25) is 0 Å². The summed E-state index contributed by atoms with van der Waals surface area (Å²) in [6.45, 7) is 0.605. The molecule has 0 saturated carbocycles. The summed E-state index contributed by atoms with van der Waals surface area (Å²) < 4.78 is 0. The second kappa shape index (κ2) is 8.31. The number of benzene rings is 1. The topological polar surface area (TPSA) is 86.7 Å². The molecule has 0 spiro atoms. The van der Waals surface area contributed by atoms with E-state index in [4.69, 9.17) is 0 Å². The Labute approximate surface area is 135 Å². The molecule has 124 valence electrons. The number of likely N-dealkylation sites (tertiary alicyclic amines) is 1. The van der Waals surface area contributed by atoms with Crippen LogP contribution < -0.4 is 5.32 Å². The molecule has 1 aromatic rings. The fourth-order valence-corrected chi connectivity index (χ4v) is 2.68. The van der Waals surface area contributed by atoms with Crippen LogP contribution in [0.15, 0.2) is 30.3 Å². The first-order chi connectivity index (χ1) is 11.1. The summed E-state index contributed by atoms with van der Waals surface area (Å²) >= 11 is 0. The number of carbonyl (C=O) groups excluding carboxylic acids is 2. The van der Waals surface area contributed by atoms with Gasteiger partial charge in [0.15, 0.2) is 0 Å². The van der Waals surface area contributed by atoms with Crippen LogP contribution in [0.3, 0.4) is 0 Å². The van der Waals surface area contributed by atoms with Gasteiger partial charge in [0.05, 0.1) is 12.5 Å². The van der Waals surface area contributed by atoms with E-state index in [9.17, 15) is 19.5 Å². The highest BCUT2D eigenvalue weighted by Crippen LogP contribution is 2.15. The third-order valence-electron chi connectivity index (χ3n) is 4.01. The number of carbonyl (C=O) groups is 3. The molecule has 0 bridgehead atoms. The smallest absolute Gasteiger partial charge is 0.312 e. The molecular weight excluding hydrogens is 296 g/mol. The molecule has 1 aliphatic rings. The SMILES string of the molecule is O=C(CN1CCCCCC1=O)NCC(C(=O)O)c1ccccc1. The zero-order valence-electron chi connectivity index (χ0n) is 13.0. The van der Waals surface area contributed by atoms with Gasteiger partial charge in [-0.1, -0.05) is 36.8 Å². The van der Waals surface area contributed by atoms with E-state index in [0.717, 1.165) is 19.3 Å². The van der Waals surface area contributed by atoms with Crippen LogP contribution in [-0.4, -0.2) is 47.4 Å². The van der Waals surface area contributed by atoms with Gasteiger partial charge in [-0.15, -0.1) is 0 Å². The van der Waals surface area contributed by atoms with Crippen molar-refractivity contribution in [3.05, 3.63) is 35.9 Å². The first kappa shape index (κ1) is 17.0. The van der Waals surface area contributed by atoms with Crippen LogP contribution >= 0.6 is 0 Å². The third kappa shape index (κ3) is 5.09. The highest BCUT2D eigenvalue weighted by molar-refractivity contribution is 5.85. The van der Waals surface area contributed by atoms with Gasteiger partial charge in [-0.2, -0.15) is 0 Å². The Hall–Kier alpha value is -2.37. The van der Waals surface area contributed by atoms with E-state index in [1.807, 2.05) is 6.07 Å². The predicted molar refractivity (Wildman–Crippen MR) is 84.9 cm³/mol. The highest BCUT2D eigenvalue weighted by Gasteiger charge is 2.22. The molecule has 6 heteroatoms. The minimum atomic E-state index is -0.984. The Morgan fingerprint density at radius 2 is 1.91 bits per heavy atom. The zero-order valence-corrected chi connectivity index (χ0v) is 13.0. The van der Waals surface area contributed by atoms with Gasteiger partial charge in [0.25, 0.3) is 0 Å². The van der Waals surface area contributed by atoms with E-state index in [2.05, 4.69) is 5.32 Å². The van der Waals surface area contributed by atoms with E-state index in [0.29, 0.717) is 18.5 Å². The lowest BCUT2D eigenvalue weighted by molar-refractivity contribution is -0.139. The Balaban J connectivity index is 1.89. The molecule has 1 aliphatic heterocycles. The van der Waals surface area contributed by atoms with Gasteiger partial charge in [-0.05, 0) is 18.4 Å². The fraction of sp³-hybridized carbons (Fsp3) is 0.471. The van der Waals surface area contributed by atoms with Crippen LogP contribution in [0.4, 0.5) is 0 Å². The lowest BCUT2D eigenvalue weighted by atomic mass is 9.99. The molecule has 1 unspecified atom stereocenters. The number of carboxylic acid groups (broad SMARTS) is 1. The van der Waals surface area contributed by atoms with E-state index in [1.165, 1.54) is 0 Å². The molecule has 2 N–H and O–H groups in total.